The lowest BCUT2D eigenvalue weighted by Gasteiger charge is -2.32. The number of rotatable bonds is 3. The van der Waals surface area contributed by atoms with Crippen molar-refractivity contribution in [2.24, 2.45) is 16.8 Å². The minimum atomic E-state index is 0.431. The quantitative estimate of drug-likeness (QED) is 0.733. The highest BCUT2D eigenvalue weighted by Crippen LogP contribution is 2.40. The summed E-state index contributed by atoms with van der Waals surface area (Å²) in [6.45, 7) is 11.4. The van der Waals surface area contributed by atoms with E-state index < -0.39 is 0 Å². The summed E-state index contributed by atoms with van der Waals surface area (Å²) in [5.41, 5.74) is 0. The second kappa shape index (κ2) is 6.28. The maximum absolute atomic E-state index is 4.93. The molecule has 1 aliphatic heterocycles. The summed E-state index contributed by atoms with van der Waals surface area (Å²) in [5.74, 6) is 3.23. The number of hydrogen-bond donors (Lipinski definition) is 0. The van der Waals surface area contributed by atoms with Crippen LogP contribution in [0.2, 0.25) is 0 Å². The van der Waals surface area contributed by atoms with Crippen molar-refractivity contribution in [2.45, 2.75) is 91.3 Å². The van der Waals surface area contributed by atoms with E-state index in [1.165, 1.54) is 44.4 Å². The zero-order valence-electron chi connectivity index (χ0n) is 13.5. The van der Waals surface area contributed by atoms with E-state index in [9.17, 15) is 0 Å². The molecule has 1 aliphatic carbocycles. The number of aliphatic imine (C=N–C) groups is 1. The van der Waals surface area contributed by atoms with Gasteiger partial charge in [-0.05, 0) is 52.4 Å². The number of amidine groups is 1. The molecule has 0 radical (unpaired) electrons. The lowest BCUT2D eigenvalue weighted by Crippen LogP contribution is -2.40. The molecule has 1 saturated carbocycles. The summed E-state index contributed by atoms with van der Waals surface area (Å²) in [4.78, 5) is 7.58. The molecule has 0 aromatic rings. The second-order valence-electron chi connectivity index (χ2n) is 7.11. The first-order valence-corrected chi connectivity index (χ1v) is 8.37. The number of nitrogens with zero attached hydrogens (tertiary/aromatic N) is 2. The van der Waals surface area contributed by atoms with Crippen molar-refractivity contribution in [1.29, 1.82) is 0 Å². The van der Waals surface area contributed by atoms with Crippen molar-refractivity contribution in [2.75, 3.05) is 0 Å². The van der Waals surface area contributed by atoms with Gasteiger partial charge >= 0.3 is 0 Å². The Hall–Kier alpha value is -0.530. The molecule has 0 amide bonds. The van der Waals surface area contributed by atoms with Gasteiger partial charge in [-0.15, -0.1) is 0 Å². The molecule has 0 bridgehead atoms. The van der Waals surface area contributed by atoms with Crippen LogP contribution in [0, 0.1) is 11.8 Å². The van der Waals surface area contributed by atoms with Crippen molar-refractivity contribution in [3.63, 3.8) is 0 Å². The van der Waals surface area contributed by atoms with Crippen LogP contribution in [-0.2, 0) is 0 Å². The summed E-state index contributed by atoms with van der Waals surface area (Å²) in [5, 5.41) is 0. The van der Waals surface area contributed by atoms with Gasteiger partial charge in [0.05, 0.1) is 0 Å². The minimum Gasteiger partial charge on any atom is -0.355 e. The van der Waals surface area contributed by atoms with E-state index in [1.54, 1.807) is 0 Å². The first kappa shape index (κ1) is 14.9. The topological polar surface area (TPSA) is 15.6 Å². The highest BCUT2D eigenvalue weighted by atomic mass is 15.3. The molecule has 3 atom stereocenters. The maximum atomic E-state index is 4.93. The number of fused-ring (bicyclic) bond motifs is 1. The van der Waals surface area contributed by atoms with Gasteiger partial charge in [-0.1, -0.05) is 26.2 Å². The van der Waals surface area contributed by atoms with Gasteiger partial charge in [-0.25, -0.2) is 0 Å². The molecule has 0 aromatic heterocycles. The van der Waals surface area contributed by atoms with E-state index >= 15 is 0 Å². The van der Waals surface area contributed by atoms with Crippen LogP contribution in [0.3, 0.4) is 0 Å². The third-order valence-corrected chi connectivity index (χ3v) is 4.93. The van der Waals surface area contributed by atoms with E-state index in [0.717, 1.165) is 17.9 Å². The van der Waals surface area contributed by atoms with Gasteiger partial charge in [0, 0.05) is 24.5 Å². The Morgan fingerprint density at radius 1 is 1.21 bits per heavy atom. The lowest BCUT2D eigenvalue weighted by atomic mass is 9.89. The third-order valence-electron chi connectivity index (χ3n) is 4.93. The third kappa shape index (κ3) is 3.32. The zero-order chi connectivity index (χ0) is 14.0. The van der Waals surface area contributed by atoms with Crippen molar-refractivity contribution in [3.8, 4) is 0 Å². The highest BCUT2D eigenvalue weighted by Gasteiger charge is 2.41. The largest absolute Gasteiger partial charge is 0.355 e. The summed E-state index contributed by atoms with van der Waals surface area (Å²) in [6.07, 6.45) is 8.28. The van der Waals surface area contributed by atoms with Crippen LogP contribution in [0.15, 0.2) is 4.99 Å². The van der Waals surface area contributed by atoms with Crippen LogP contribution in [0.4, 0.5) is 0 Å². The van der Waals surface area contributed by atoms with Crippen LogP contribution < -0.4 is 0 Å². The smallest absolute Gasteiger partial charge is 0.100 e. The SMILES string of the molecule is CCC1CCCC2C(CC(=NC(C)C)N2C(C)C)C1. The molecule has 1 saturated heterocycles. The van der Waals surface area contributed by atoms with Crippen LogP contribution in [0.5, 0.6) is 0 Å². The van der Waals surface area contributed by atoms with Gasteiger partial charge in [-0.3, -0.25) is 4.99 Å². The van der Waals surface area contributed by atoms with E-state index in [-0.39, 0.29) is 0 Å². The molecule has 0 N–H and O–H groups in total. The normalized spacial score (nSPS) is 34.2. The van der Waals surface area contributed by atoms with E-state index in [0.29, 0.717) is 12.1 Å². The Morgan fingerprint density at radius 2 is 1.95 bits per heavy atom. The molecule has 2 fully saturated rings. The monoisotopic (exact) mass is 264 g/mol. The molecule has 2 heteroatoms. The molecular weight excluding hydrogens is 232 g/mol. The number of hydrogen-bond acceptors (Lipinski definition) is 1. The highest BCUT2D eigenvalue weighted by molar-refractivity contribution is 5.85. The van der Waals surface area contributed by atoms with Crippen molar-refractivity contribution in [1.82, 2.24) is 4.90 Å². The Labute approximate surface area is 119 Å². The molecule has 2 nitrogen and oxygen atoms in total. The molecule has 3 unspecified atom stereocenters. The Kier molecular flexibility index (Phi) is 4.92. The second-order valence-corrected chi connectivity index (χ2v) is 7.11. The standard InChI is InChI=1S/C17H32N2/c1-6-14-8-7-9-16-15(10-14)11-17(18-12(2)3)19(16)13(4)5/h12-16H,6-11H2,1-5H3. The van der Waals surface area contributed by atoms with Gasteiger partial charge in [0.15, 0.2) is 0 Å². The van der Waals surface area contributed by atoms with Crippen LogP contribution >= 0.6 is 0 Å². The van der Waals surface area contributed by atoms with Gasteiger partial charge in [0.2, 0.25) is 0 Å². The first-order chi connectivity index (χ1) is 9.02. The molecule has 110 valence electrons. The summed E-state index contributed by atoms with van der Waals surface area (Å²) >= 11 is 0. The molecule has 1 heterocycles. The van der Waals surface area contributed by atoms with E-state index in [4.69, 9.17) is 4.99 Å². The van der Waals surface area contributed by atoms with Crippen molar-refractivity contribution >= 4 is 5.84 Å². The predicted octanol–water partition coefficient (Wildman–Crippen LogP) is 4.49. The summed E-state index contributed by atoms with van der Waals surface area (Å²) in [6, 6.07) is 1.81. The average molecular weight is 264 g/mol. The molecule has 2 rings (SSSR count). The maximum Gasteiger partial charge on any atom is 0.100 e. The minimum absolute atomic E-state index is 0.431. The Balaban J connectivity index is 2.19. The number of likely N-dealkylation sites (tertiary alicyclic amines) is 1. The van der Waals surface area contributed by atoms with E-state index in [1.807, 2.05) is 0 Å². The molecule has 2 aliphatic rings. The van der Waals surface area contributed by atoms with Crippen LogP contribution in [0.25, 0.3) is 0 Å². The summed E-state index contributed by atoms with van der Waals surface area (Å²) < 4.78 is 0. The van der Waals surface area contributed by atoms with Gasteiger partial charge in [0.25, 0.3) is 0 Å². The summed E-state index contributed by atoms with van der Waals surface area (Å²) in [7, 11) is 0. The van der Waals surface area contributed by atoms with Crippen LogP contribution in [-0.4, -0.2) is 28.9 Å². The molecule has 0 spiro atoms. The van der Waals surface area contributed by atoms with E-state index in [2.05, 4.69) is 39.5 Å². The Morgan fingerprint density at radius 3 is 2.53 bits per heavy atom. The molecule has 19 heavy (non-hydrogen) atoms. The van der Waals surface area contributed by atoms with Gasteiger partial charge in [0.1, 0.15) is 5.84 Å². The van der Waals surface area contributed by atoms with Gasteiger partial charge < -0.3 is 4.90 Å². The Bertz CT molecular complexity index is 319. The van der Waals surface area contributed by atoms with Crippen LogP contribution in [0.1, 0.15) is 73.1 Å². The first-order valence-electron chi connectivity index (χ1n) is 8.37. The zero-order valence-corrected chi connectivity index (χ0v) is 13.5. The fraction of sp³-hybridized carbons (Fsp3) is 0.941. The molecule has 0 aromatic carbocycles. The van der Waals surface area contributed by atoms with Crippen molar-refractivity contribution in [3.05, 3.63) is 0 Å². The predicted molar refractivity (Wildman–Crippen MR) is 83.7 cm³/mol. The lowest BCUT2D eigenvalue weighted by molar-refractivity contribution is 0.220. The fourth-order valence-corrected chi connectivity index (χ4v) is 4.14. The average Bonchev–Trinajstić information content (AvgIpc) is 2.53. The molecular formula is C17H32N2. The van der Waals surface area contributed by atoms with Gasteiger partial charge in [-0.2, -0.15) is 0 Å². The van der Waals surface area contributed by atoms with Crippen molar-refractivity contribution < 1.29 is 0 Å². The fourth-order valence-electron chi connectivity index (χ4n) is 4.14.